The molecule has 1 aliphatic heterocycles. The van der Waals surface area contributed by atoms with Gasteiger partial charge in [0.05, 0.1) is 11.8 Å². The molecule has 0 radical (unpaired) electrons. The lowest BCUT2D eigenvalue weighted by Gasteiger charge is -2.33. The van der Waals surface area contributed by atoms with Crippen molar-refractivity contribution in [2.75, 3.05) is 18.8 Å². The molecule has 1 unspecified atom stereocenters. The maximum Gasteiger partial charge on any atom is 0.233 e. The van der Waals surface area contributed by atoms with Crippen LogP contribution in [0.25, 0.3) is 0 Å². The first-order chi connectivity index (χ1) is 14.3. The molecule has 1 saturated heterocycles. The summed E-state index contributed by atoms with van der Waals surface area (Å²) in [5, 5.41) is 10.5. The number of nitrogens with zero attached hydrogens (tertiary/aromatic N) is 2. The summed E-state index contributed by atoms with van der Waals surface area (Å²) in [6.07, 6.45) is 0.622. The zero-order valence-electron chi connectivity index (χ0n) is 16.0. The van der Waals surface area contributed by atoms with Crippen molar-refractivity contribution < 1.29 is 27.5 Å². The van der Waals surface area contributed by atoms with Gasteiger partial charge in [0.15, 0.2) is 11.6 Å². The monoisotopic (exact) mass is 456 g/mol. The molecule has 0 bridgehead atoms. The Labute approximate surface area is 179 Å². The first-order valence-electron chi connectivity index (χ1n) is 9.37. The number of hydroxylamine groups is 2. The molecule has 1 atom stereocenters. The fourth-order valence-electron chi connectivity index (χ4n) is 3.36. The topological polar surface area (TPSA) is 87.2 Å². The van der Waals surface area contributed by atoms with Crippen LogP contribution in [0.4, 0.5) is 4.39 Å². The molecule has 1 N–H and O–H groups in total. The highest BCUT2D eigenvalue weighted by Gasteiger charge is 2.33. The van der Waals surface area contributed by atoms with Crippen molar-refractivity contribution in [1.29, 1.82) is 0 Å². The minimum atomic E-state index is -3.77. The van der Waals surface area contributed by atoms with Gasteiger partial charge >= 0.3 is 0 Å². The number of hydrogen-bond donors (Lipinski definition) is 1. The Balaban J connectivity index is 1.64. The fourth-order valence-corrected chi connectivity index (χ4v) is 5.24. The molecule has 1 aliphatic rings. The predicted molar refractivity (Wildman–Crippen MR) is 109 cm³/mol. The van der Waals surface area contributed by atoms with Crippen molar-refractivity contribution in [3.8, 4) is 5.75 Å². The molecule has 0 spiro atoms. The van der Waals surface area contributed by atoms with E-state index in [-0.39, 0.29) is 36.4 Å². The molecule has 0 saturated carbocycles. The lowest BCUT2D eigenvalue weighted by Crippen LogP contribution is -2.44. The molecule has 162 valence electrons. The van der Waals surface area contributed by atoms with Gasteiger partial charge in [0.25, 0.3) is 0 Å². The highest BCUT2D eigenvalue weighted by Crippen LogP contribution is 2.27. The van der Waals surface area contributed by atoms with Crippen LogP contribution in [-0.4, -0.2) is 54.3 Å². The zero-order valence-corrected chi connectivity index (χ0v) is 17.6. The van der Waals surface area contributed by atoms with Crippen LogP contribution in [-0.2, 0) is 14.8 Å². The third kappa shape index (κ3) is 5.48. The van der Waals surface area contributed by atoms with E-state index in [0.717, 1.165) is 6.07 Å². The van der Waals surface area contributed by atoms with Gasteiger partial charge in [0.2, 0.25) is 16.4 Å². The first-order valence-corrected chi connectivity index (χ1v) is 11.4. The van der Waals surface area contributed by atoms with E-state index < -0.39 is 27.6 Å². The SMILES string of the molecule is O=CN(O)C(CS(=O)(=O)N1CCC(Oc2ccc(Cl)cc2F)CC1)c1ccccc1. The van der Waals surface area contributed by atoms with E-state index >= 15 is 0 Å². The van der Waals surface area contributed by atoms with Crippen molar-refractivity contribution in [2.24, 2.45) is 0 Å². The average Bonchev–Trinajstić information content (AvgIpc) is 2.74. The summed E-state index contributed by atoms with van der Waals surface area (Å²) in [6.45, 7) is 0.381. The summed E-state index contributed by atoms with van der Waals surface area (Å²) >= 11 is 5.74. The van der Waals surface area contributed by atoms with Gasteiger partial charge in [-0.2, -0.15) is 0 Å². The number of hydrogen-bond acceptors (Lipinski definition) is 5. The summed E-state index contributed by atoms with van der Waals surface area (Å²) in [5.74, 6) is -0.948. The van der Waals surface area contributed by atoms with E-state index in [9.17, 15) is 22.8 Å². The number of carbonyl (C=O) groups excluding carboxylic acids is 1. The number of carbonyl (C=O) groups is 1. The molecule has 0 aromatic heterocycles. The van der Waals surface area contributed by atoms with Gasteiger partial charge < -0.3 is 4.74 Å². The third-order valence-corrected chi connectivity index (χ3v) is 7.09. The summed E-state index contributed by atoms with van der Waals surface area (Å²) in [7, 11) is -3.77. The number of benzene rings is 2. The quantitative estimate of drug-likeness (QED) is 0.374. The van der Waals surface area contributed by atoms with Crippen LogP contribution < -0.4 is 4.74 Å². The molecule has 30 heavy (non-hydrogen) atoms. The van der Waals surface area contributed by atoms with Gasteiger partial charge in [-0.15, -0.1) is 0 Å². The number of amides is 1. The van der Waals surface area contributed by atoms with Gasteiger partial charge in [-0.1, -0.05) is 41.9 Å². The minimum absolute atomic E-state index is 0.0757. The Hall–Kier alpha value is -2.20. The van der Waals surface area contributed by atoms with Gasteiger partial charge in [0, 0.05) is 18.1 Å². The Morgan fingerprint density at radius 2 is 1.90 bits per heavy atom. The molecule has 10 heteroatoms. The van der Waals surface area contributed by atoms with Crippen LogP contribution in [0.2, 0.25) is 5.02 Å². The van der Waals surface area contributed by atoms with Gasteiger partial charge in [-0.05, 0) is 36.6 Å². The van der Waals surface area contributed by atoms with E-state index in [1.54, 1.807) is 30.3 Å². The van der Waals surface area contributed by atoms with E-state index in [1.807, 2.05) is 0 Å². The van der Waals surface area contributed by atoms with Crippen LogP contribution >= 0.6 is 11.6 Å². The summed E-state index contributed by atoms with van der Waals surface area (Å²) in [5.41, 5.74) is 0.507. The average molecular weight is 457 g/mol. The molecular weight excluding hydrogens is 435 g/mol. The number of halogens is 2. The third-order valence-electron chi connectivity index (χ3n) is 4.96. The van der Waals surface area contributed by atoms with E-state index in [0.29, 0.717) is 23.5 Å². The second kappa shape index (κ2) is 9.74. The predicted octanol–water partition coefficient (Wildman–Crippen LogP) is 3.24. The van der Waals surface area contributed by atoms with Crippen molar-refractivity contribution in [2.45, 2.75) is 25.0 Å². The van der Waals surface area contributed by atoms with E-state index in [1.165, 1.54) is 16.4 Å². The molecule has 0 aliphatic carbocycles. The molecular formula is C20H22ClFN2O5S. The maximum absolute atomic E-state index is 13.9. The van der Waals surface area contributed by atoms with Crippen LogP contribution in [0.5, 0.6) is 5.75 Å². The lowest BCUT2D eigenvalue weighted by atomic mass is 10.1. The number of rotatable bonds is 8. The standard InChI is InChI=1S/C20H22ClFN2O5S/c21-16-6-7-20(18(22)12-16)29-17-8-10-23(11-9-17)30(27,28)13-19(24(26)14-25)15-4-2-1-3-5-15/h1-7,12,14,17,19,26H,8-11,13H2. The Kier molecular flexibility index (Phi) is 7.30. The van der Waals surface area contributed by atoms with Crippen molar-refractivity contribution in [3.05, 3.63) is 64.9 Å². The Morgan fingerprint density at radius 1 is 1.23 bits per heavy atom. The van der Waals surface area contributed by atoms with Crippen molar-refractivity contribution >= 4 is 28.0 Å². The van der Waals surface area contributed by atoms with Gasteiger partial charge in [0.1, 0.15) is 6.10 Å². The van der Waals surface area contributed by atoms with Gasteiger partial charge in [-0.3, -0.25) is 10.0 Å². The summed E-state index contributed by atoms with van der Waals surface area (Å²) in [6, 6.07) is 11.6. The van der Waals surface area contributed by atoms with Crippen LogP contribution in [0.3, 0.4) is 0 Å². The first kappa shape index (κ1) is 22.5. The van der Waals surface area contributed by atoms with E-state index in [4.69, 9.17) is 16.3 Å². The highest BCUT2D eigenvalue weighted by atomic mass is 35.5. The van der Waals surface area contributed by atoms with Crippen molar-refractivity contribution in [3.63, 3.8) is 0 Å². The molecule has 2 aromatic rings. The molecule has 1 fully saturated rings. The second-order valence-electron chi connectivity index (χ2n) is 6.98. The highest BCUT2D eigenvalue weighted by molar-refractivity contribution is 7.89. The Bertz CT molecular complexity index is 968. The number of sulfonamides is 1. The number of ether oxygens (including phenoxy) is 1. The normalized spacial score (nSPS) is 16.8. The summed E-state index contributed by atoms with van der Waals surface area (Å²) < 4.78 is 46.7. The lowest BCUT2D eigenvalue weighted by molar-refractivity contribution is -0.159. The minimum Gasteiger partial charge on any atom is -0.487 e. The Morgan fingerprint density at radius 3 is 2.50 bits per heavy atom. The van der Waals surface area contributed by atoms with Crippen LogP contribution in [0.1, 0.15) is 24.4 Å². The largest absolute Gasteiger partial charge is 0.487 e. The van der Waals surface area contributed by atoms with Crippen LogP contribution in [0.15, 0.2) is 48.5 Å². The van der Waals surface area contributed by atoms with Crippen LogP contribution in [0, 0.1) is 5.82 Å². The second-order valence-corrected chi connectivity index (χ2v) is 9.43. The molecule has 2 aromatic carbocycles. The fraction of sp³-hybridized carbons (Fsp3) is 0.350. The van der Waals surface area contributed by atoms with Crippen molar-refractivity contribution in [1.82, 2.24) is 9.37 Å². The molecule has 1 amide bonds. The zero-order chi connectivity index (χ0) is 21.7. The van der Waals surface area contributed by atoms with Gasteiger partial charge in [-0.25, -0.2) is 22.2 Å². The maximum atomic E-state index is 13.9. The molecule has 7 nitrogen and oxygen atoms in total. The van der Waals surface area contributed by atoms with E-state index in [2.05, 4.69) is 0 Å². The summed E-state index contributed by atoms with van der Waals surface area (Å²) in [4.78, 5) is 11.1. The smallest absolute Gasteiger partial charge is 0.233 e. The molecule has 1 heterocycles. The molecule has 3 rings (SSSR count). The number of piperidine rings is 1.